The van der Waals surface area contributed by atoms with Crippen LogP contribution in [0, 0.1) is 0 Å². The normalized spacial score (nSPS) is 9.76. The lowest BCUT2D eigenvalue weighted by molar-refractivity contribution is -0.136. The van der Waals surface area contributed by atoms with Gasteiger partial charge in [0.05, 0.1) is 0 Å². The molecule has 17 heavy (non-hydrogen) atoms. The number of carbonyl (C=O) groups is 2. The molecule has 0 bridgehead atoms. The van der Waals surface area contributed by atoms with E-state index >= 15 is 0 Å². The second-order valence-corrected chi connectivity index (χ2v) is 4.49. The van der Waals surface area contributed by atoms with Crippen LogP contribution in [0.1, 0.15) is 19.8 Å². The summed E-state index contributed by atoms with van der Waals surface area (Å²) in [5, 5.41) is 5.08. The number of carbonyl (C=O) groups excluding carboxylic acids is 2. The second kappa shape index (κ2) is 7.06. The molecular formula is C12H15BrN2O2. The minimum atomic E-state index is -0.640. The van der Waals surface area contributed by atoms with Crippen LogP contribution in [0.4, 0.5) is 5.69 Å². The van der Waals surface area contributed by atoms with Gasteiger partial charge >= 0.3 is 11.8 Å². The Kier molecular flexibility index (Phi) is 5.69. The highest BCUT2D eigenvalue weighted by atomic mass is 79.9. The van der Waals surface area contributed by atoms with Crippen molar-refractivity contribution in [2.45, 2.75) is 19.8 Å². The van der Waals surface area contributed by atoms with E-state index in [9.17, 15) is 9.59 Å². The summed E-state index contributed by atoms with van der Waals surface area (Å²) in [7, 11) is 0. The fourth-order valence-corrected chi connectivity index (χ4v) is 1.61. The van der Waals surface area contributed by atoms with Crippen LogP contribution in [0.5, 0.6) is 0 Å². The summed E-state index contributed by atoms with van der Waals surface area (Å²) in [5.41, 5.74) is 0.593. The van der Waals surface area contributed by atoms with Crippen molar-refractivity contribution < 1.29 is 9.59 Å². The van der Waals surface area contributed by atoms with E-state index in [2.05, 4.69) is 26.6 Å². The Balaban J connectivity index is 2.46. The topological polar surface area (TPSA) is 58.2 Å². The van der Waals surface area contributed by atoms with Crippen molar-refractivity contribution in [3.63, 3.8) is 0 Å². The molecule has 1 aromatic carbocycles. The van der Waals surface area contributed by atoms with Crippen molar-refractivity contribution >= 4 is 33.4 Å². The maximum absolute atomic E-state index is 11.5. The highest BCUT2D eigenvalue weighted by Crippen LogP contribution is 2.15. The van der Waals surface area contributed by atoms with E-state index in [1.54, 1.807) is 18.2 Å². The standard InChI is InChI=1S/C12H15BrN2O2/c1-2-3-7-14-11(16)12(17)15-10-6-4-5-9(13)8-10/h4-6,8H,2-3,7H2,1H3,(H,14,16)(H,15,17). The first-order chi connectivity index (χ1) is 8.13. The van der Waals surface area contributed by atoms with Crippen molar-refractivity contribution in [2.75, 3.05) is 11.9 Å². The van der Waals surface area contributed by atoms with Crippen LogP contribution in [0.25, 0.3) is 0 Å². The average molecular weight is 299 g/mol. The first-order valence-corrected chi connectivity index (χ1v) is 6.27. The summed E-state index contributed by atoms with van der Waals surface area (Å²) < 4.78 is 0.849. The van der Waals surface area contributed by atoms with E-state index < -0.39 is 11.8 Å². The van der Waals surface area contributed by atoms with Crippen LogP contribution in [0.15, 0.2) is 28.7 Å². The molecule has 0 saturated carbocycles. The Hall–Kier alpha value is -1.36. The number of unbranched alkanes of at least 4 members (excludes halogenated alkanes) is 1. The lowest BCUT2D eigenvalue weighted by atomic mass is 10.3. The first kappa shape index (κ1) is 13.7. The zero-order chi connectivity index (χ0) is 12.7. The summed E-state index contributed by atoms with van der Waals surface area (Å²) in [6, 6.07) is 7.09. The molecule has 0 spiro atoms. The van der Waals surface area contributed by atoms with Crippen molar-refractivity contribution in [1.29, 1.82) is 0 Å². The third kappa shape index (κ3) is 4.99. The smallest absolute Gasteiger partial charge is 0.313 e. The molecular weight excluding hydrogens is 284 g/mol. The number of hydrogen-bond donors (Lipinski definition) is 2. The van der Waals surface area contributed by atoms with Crippen LogP contribution in [-0.4, -0.2) is 18.4 Å². The van der Waals surface area contributed by atoms with Gasteiger partial charge in [-0.2, -0.15) is 0 Å². The highest BCUT2D eigenvalue weighted by Gasteiger charge is 2.12. The van der Waals surface area contributed by atoms with E-state index in [0.29, 0.717) is 12.2 Å². The quantitative estimate of drug-likeness (QED) is 0.662. The molecule has 1 rings (SSSR count). The van der Waals surface area contributed by atoms with Gasteiger partial charge in [-0.1, -0.05) is 35.3 Å². The fourth-order valence-electron chi connectivity index (χ4n) is 1.21. The fraction of sp³-hybridized carbons (Fsp3) is 0.333. The molecule has 0 radical (unpaired) electrons. The molecule has 0 fully saturated rings. The summed E-state index contributed by atoms with van der Waals surface area (Å²) in [6.07, 6.45) is 1.85. The number of benzene rings is 1. The maximum atomic E-state index is 11.5. The lowest BCUT2D eigenvalue weighted by Gasteiger charge is -2.06. The predicted molar refractivity (Wildman–Crippen MR) is 70.7 cm³/mol. The molecule has 2 N–H and O–H groups in total. The van der Waals surface area contributed by atoms with Gasteiger partial charge in [-0.05, 0) is 24.6 Å². The summed E-state index contributed by atoms with van der Waals surface area (Å²) >= 11 is 3.29. The molecule has 2 amide bonds. The third-order valence-corrected chi connectivity index (χ3v) is 2.60. The van der Waals surface area contributed by atoms with E-state index in [1.165, 1.54) is 0 Å². The molecule has 0 saturated heterocycles. The number of anilines is 1. The SMILES string of the molecule is CCCCNC(=O)C(=O)Nc1cccc(Br)c1. The lowest BCUT2D eigenvalue weighted by Crippen LogP contribution is -2.35. The molecule has 0 heterocycles. The van der Waals surface area contributed by atoms with Crippen molar-refractivity contribution in [3.05, 3.63) is 28.7 Å². The maximum Gasteiger partial charge on any atom is 0.313 e. The Labute approximate surface area is 109 Å². The van der Waals surface area contributed by atoms with Crippen LogP contribution >= 0.6 is 15.9 Å². The molecule has 5 heteroatoms. The summed E-state index contributed by atoms with van der Waals surface area (Å²) in [5.74, 6) is -1.24. The number of hydrogen-bond acceptors (Lipinski definition) is 2. The molecule has 0 unspecified atom stereocenters. The van der Waals surface area contributed by atoms with Gasteiger partial charge in [-0.3, -0.25) is 9.59 Å². The van der Waals surface area contributed by atoms with E-state index in [4.69, 9.17) is 0 Å². The van der Waals surface area contributed by atoms with Gasteiger partial charge in [0.25, 0.3) is 0 Å². The predicted octanol–water partition coefficient (Wildman–Crippen LogP) is 2.30. The number of halogens is 1. The summed E-state index contributed by atoms with van der Waals surface area (Å²) in [6.45, 7) is 2.55. The second-order valence-electron chi connectivity index (χ2n) is 3.57. The van der Waals surface area contributed by atoms with E-state index in [1.807, 2.05) is 13.0 Å². The Bertz CT molecular complexity index is 407. The minimum Gasteiger partial charge on any atom is -0.348 e. The molecule has 4 nitrogen and oxygen atoms in total. The van der Waals surface area contributed by atoms with E-state index in [-0.39, 0.29) is 0 Å². The van der Waals surface area contributed by atoms with Crippen molar-refractivity contribution in [2.24, 2.45) is 0 Å². The van der Waals surface area contributed by atoms with Gasteiger partial charge in [0.1, 0.15) is 0 Å². The van der Waals surface area contributed by atoms with Gasteiger partial charge in [0, 0.05) is 16.7 Å². The summed E-state index contributed by atoms with van der Waals surface area (Å²) in [4.78, 5) is 22.9. The minimum absolute atomic E-state index is 0.529. The van der Waals surface area contributed by atoms with Crippen LogP contribution in [-0.2, 0) is 9.59 Å². The molecule has 0 aliphatic rings. The molecule has 0 aliphatic heterocycles. The van der Waals surface area contributed by atoms with Gasteiger partial charge in [-0.15, -0.1) is 0 Å². The van der Waals surface area contributed by atoms with Crippen LogP contribution in [0.2, 0.25) is 0 Å². The Morgan fingerprint density at radius 2 is 2.06 bits per heavy atom. The molecule has 0 atom stereocenters. The Morgan fingerprint density at radius 3 is 2.71 bits per heavy atom. The Morgan fingerprint density at radius 1 is 1.29 bits per heavy atom. The van der Waals surface area contributed by atoms with Gasteiger partial charge in [0.2, 0.25) is 0 Å². The zero-order valence-corrected chi connectivity index (χ0v) is 11.2. The third-order valence-electron chi connectivity index (χ3n) is 2.10. The highest BCUT2D eigenvalue weighted by molar-refractivity contribution is 9.10. The van der Waals surface area contributed by atoms with Crippen molar-refractivity contribution in [3.8, 4) is 0 Å². The van der Waals surface area contributed by atoms with Crippen LogP contribution < -0.4 is 10.6 Å². The van der Waals surface area contributed by atoms with E-state index in [0.717, 1.165) is 17.3 Å². The number of nitrogens with one attached hydrogen (secondary N) is 2. The molecule has 92 valence electrons. The monoisotopic (exact) mass is 298 g/mol. The zero-order valence-electron chi connectivity index (χ0n) is 9.63. The van der Waals surface area contributed by atoms with Gasteiger partial charge < -0.3 is 10.6 Å². The van der Waals surface area contributed by atoms with Gasteiger partial charge in [-0.25, -0.2) is 0 Å². The molecule has 1 aromatic rings. The largest absolute Gasteiger partial charge is 0.348 e. The average Bonchev–Trinajstić information content (AvgIpc) is 2.29. The van der Waals surface area contributed by atoms with Gasteiger partial charge in [0.15, 0.2) is 0 Å². The molecule has 0 aromatic heterocycles. The van der Waals surface area contributed by atoms with Crippen molar-refractivity contribution in [1.82, 2.24) is 5.32 Å². The van der Waals surface area contributed by atoms with Crippen LogP contribution in [0.3, 0.4) is 0 Å². The first-order valence-electron chi connectivity index (χ1n) is 5.48. The molecule has 0 aliphatic carbocycles. The number of amides is 2. The number of rotatable bonds is 4.